The normalized spacial score (nSPS) is 23.6. The van der Waals surface area contributed by atoms with Crippen molar-refractivity contribution in [2.45, 2.75) is 51.7 Å². The molecule has 1 aromatic carbocycles. The summed E-state index contributed by atoms with van der Waals surface area (Å²) < 4.78 is 0. The van der Waals surface area contributed by atoms with Crippen molar-refractivity contribution in [3.8, 4) is 0 Å². The zero-order valence-corrected chi connectivity index (χ0v) is 12.4. The van der Waals surface area contributed by atoms with Crippen LogP contribution in [0, 0.1) is 10.1 Å². The highest BCUT2D eigenvalue weighted by Crippen LogP contribution is 2.28. The number of nitrogens with one attached hydrogen (secondary N) is 1. The first kappa shape index (κ1) is 14.8. The summed E-state index contributed by atoms with van der Waals surface area (Å²) in [6.07, 6.45) is 3.68. The van der Waals surface area contributed by atoms with Crippen LogP contribution in [0.25, 0.3) is 0 Å². The van der Waals surface area contributed by atoms with Gasteiger partial charge in [-0.2, -0.15) is 0 Å². The van der Waals surface area contributed by atoms with Gasteiger partial charge in [-0.25, -0.2) is 0 Å². The van der Waals surface area contributed by atoms with Crippen LogP contribution in [0.2, 0.25) is 0 Å². The van der Waals surface area contributed by atoms with Gasteiger partial charge in [-0.3, -0.25) is 15.0 Å². The Morgan fingerprint density at radius 1 is 1.35 bits per heavy atom. The van der Waals surface area contributed by atoms with E-state index in [0.717, 1.165) is 17.8 Å². The van der Waals surface area contributed by atoms with Crippen molar-refractivity contribution in [2.75, 3.05) is 12.4 Å². The second-order valence-electron chi connectivity index (χ2n) is 5.65. The maximum Gasteiger partial charge on any atom is 0.269 e. The van der Waals surface area contributed by atoms with Crippen LogP contribution in [0.15, 0.2) is 18.2 Å². The fourth-order valence-electron chi connectivity index (χ4n) is 3.05. The fourth-order valence-corrected chi connectivity index (χ4v) is 3.05. The number of rotatable bonds is 4. The third-order valence-corrected chi connectivity index (χ3v) is 4.30. The zero-order valence-electron chi connectivity index (χ0n) is 12.4. The van der Waals surface area contributed by atoms with Gasteiger partial charge in [0.2, 0.25) is 0 Å². The molecule has 5 heteroatoms. The predicted molar refractivity (Wildman–Crippen MR) is 81.0 cm³/mol. The number of nitro groups is 1. The van der Waals surface area contributed by atoms with E-state index in [1.165, 1.54) is 19.3 Å². The minimum atomic E-state index is -0.327. The average molecular weight is 277 g/mol. The van der Waals surface area contributed by atoms with Gasteiger partial charge in [0, 0.05) is 43.5 Å². The van der Waals surface area contributed by atoms with Crippen LogP contribution in [0.4, 0.5) is 11.4 Å². The Balaban J connectivity index is 2.26. The second kappa shape index (κ2) is 6.22. The molecule has 1 aromatic rings. The van der Waals surface area contributed by atoms with E-state index in [-0.39, 0.29) is 10.6 Å². The molecule has 0 saturated carbocycles. The van der Waals surface area contributed by atoms with Gasteiger partial charge in [0.15, 0.2) is 0 Å². The van der Waals surface area contributed by atoms with Crippen molar-refractivity contribution in [2.24, 2.45) is 0 Å². The molecule has 0 aromatic heterocycles. The van der Waals surface area contributed by atoms with Crippen LogP contribution in [0.1, 0.15) is 38.7 Å². The maximum atomic E-state index is 10.9. The van der Waals surface area contributed by atoms with Crippen LogP contribution in [0.5, 0.6) is 0 Å². The lowest BCUT2D eigenvalue weighted by molar-refractivity contribution is -0.384. The van der Waals surface area contributed by atoms with Gasteiger partial charge in [-0.15, -0.1) is 0 Å². The summed E-state index contributed by atoms with van der Waals surface area (Å²) in [7, 11) is 1.85. The third-order valence-electron chi connectivity index (χ3n) is 4.30. The minimum Gasteiger partial charge on any atom is -0.388 e. The summed E-state index contributed by atoms with van der Waals surface area (Å²) in [6, 6.07) is 6.11. The lowest BCUT2D eigenvalue weighted by Crippen LogP contribution is -2.43. The molecule has 0 spiro atoms. The predicted octanol–water partition coefficient (Wildman–Crippen LogP) is 3.40. The van der Waals surface area contributed by atoms with Crippen LogP contribution in [-0.4, -0.2) is 29.0 Å². The van der Waals surface area contributed by atoms with Crippen molar-refractivity contribution in [1.82, 2.24) is 4.90 Å². The molecule has 2 rings (SSSR count). The number of non-ortho nitro benzene ring substituents is 1. The number of hydrogen-bond acceptors (Lipinski definition) is 4. The Kier molecular flexibility index (Phi) is 4.60. The highest BCUT2D eigenvalue weighted by Gasteiger charge is 2.25. The standard InChI is InChI=1S/C15H23N3O2/c1-11-5-4-6-12(2)17(11)10-13-9-14(18(19)20)7-8-15(13)16-3/h7-9,11-12,16H,4-6,10H2,1-3H3/t11-,12+. The molecule has 1 aliphatic rings. The fraction of sp³-hybridized carbons (Fsp3) is 0.600. The van der Waals surface area contributed by atoms with Crippen molar-refractivity contribution < 1.29 is 4.92 Å². The topological polar surface area (TPSA) is 58.4 Å². The quantitative estimate of drug-likeness (QED) is 0.677. The van der Waals surface area contributed by atoms with Crippen LogP contribution in [0.3, 0.4) is 0 Å². The molecule has 110 valence electrons. The lowest BCUT2D eigenvalue weighted by Gasteiger charge is -2.39. The Hall–Kier alpha value is -1.62. The summed E-state index contributed by atoms with van der Waals surface area (Å²) in [5, 5.41) is 14.1. The Morgan fingerprint density at radius 2 is 2.00 bits per heavy atom. The summed E-state index contributed by atoms with van der Waals surface area (Å²) in [5.74, 6) is 0. The van der Waals surface area contributed by atoms with E-state index in [0.29, 0.717) is 12.1 Å². The largest absolute Gasteiger partial charge is 0.388 e. The molecule has 1 saturated heterocycles. The zero-order chi connectivity index (χ0) is 14.7. The molecule has 1 N–H and O–H groups in total. The first-order valence-electron chi connectivity index (χ1n) is 7.23. The number of nitrogens with zero attached hydrogens (tertiary/aromatic N) is 2. The number of nitro benzene ring substituents is 1. The summed E-state index contributed by atoms with van der Waals surface area (Å²) in [5.41, 5.74) is 2.14. The van der Waals surface area contributed by atoms with Crippen molar-refractivity contribution >= 4 is 11.4 Å². The number of benzene rings is 1. The van der Waals surface area contributed by atoms with Crippen molar-refractivity contribution in [3.05, 3.63) is 33.9 Å². The number of hydrogen-bond donors (Lipinski definition) is 1. The van der Waals surface area contributed by atoms with E-state index in [1.807, 2.05) is 7.05 Å². The molecule has 1 aliphatic heterocycles. The molecule has 1 heterocycles. The van der Waals surface area contributed by atoms with Gasteiger partial charge >= 0.3 is 0 Å². The molecule has 0 amide bonds. The van der Waals surface area contributed by atoms with Crippen LogP contribution in [-0.2, 0) is 6.54 Å². The SMILES string of the molecule is CNc1ccc([N+](=O)[O-])cc1CN1[C@H](C)CCC[C@@H]1C. The molecule has 0 unspecified atom stereocenters. The first-order chi connectivity index (χ1) is 9.52. The molecular formula is C15H23N3O2. The van der Waals surface area contributed by atoms with Gasteiger partial charge in [-0.05, 0) is 38.3 Å². The Labute approximate surface area is 120 Å². The molecule has 5 nitrogen and oxygen atoms in total. The number of piperidine rings is 1. The Bertz CT molecular complexity index is 480. The van der Waals surface area contributed by atoms with Gasteiger partial charge in [0.05, 0.1) is 4.92 Å². The van der Waals surface area contributed by atoms with Gasteiger partial charge in [-0.1, -0.05) is 6.42 Å². The van der Waals surface area contributed by atoms with E-state index in [9.17, 15) is 10.1 Å². The summed E-state index contributed by atoms with van der Waals surface area (Å²) >= 11 is 0. The van der Waals surface area contributed by atoms with Crippen LogP contribution >= 0.6 is 0 Å². The van der Waals surface area contributed by atoms with E-state index in [2.05, 4.69) is 24.1 Å². The molecule has 0 radical (unpaired) electrons. The maximum absolute atomic E-state index is 10.9. The van der Waals surface area contributed by atoms with Crippen molar-refractivity contribution in [1.29, 1.82) is 0 Å². The van der Waals surface area contributed by atoms with E-state index in [4.69, 9.17) is 0 Å². The molecule has 0 bridgehead atoms. The van der Waals surface area contributed by atoms with Gasteiger partial charge in [0.1, 0.15) is 0 Å². The molecular weight excluding hydrogens is 254 g/mol. The van der Waals surface area contributed by atoms with Crippen LogP contribution < -0.4 is 5.32 Å². The highest BCUT2D eigenvalue weighted by molar-refractivity contribution is 5.55. The smallest absolute Gasteiger partial charge is 0.269 e. The summed E-state index contributed by atoms with van der Waals surface area (Å²) in [6.45, 7) is 5.25. The highest BCUT2D eigenvalue weighted by atomic mass is 16.6. The van der Waals surface area contributed by atoms with Crippen molar-refractivity contribution in [3.63, 3.8) is 0 Å². The Morgan fingerprint density at radius 3 is 2.55 bits per heavy atom. The lowest BCUT2D eigenvalue weighted by atomic mass is 9.96. The number of anilines is 1. The second-order valence-corrected chi connectivity index (χ2v) is 5.65. The number of likely N-dealkylation sites (tertiary alicyclic amines) is 1. The van der Waals surface area contributed by atoms with E-state index >= 15 is 0 Å². The van der Waals surface area contributed by atoms with Gasteiger partial charge in [0.25, 0.3) is 5.69 Å². The van der Waals surface area contributed by atoms with E-state index < -0.39 is 0 Å². The molecule has 2 atom stereocenters. The first-order valence-corrected chi connectivity index (χ1v) is 7.23. The monoisotopic (exact) mass is 277 g/mol. The van der Waals surface area contributed by atoms with Gasteiger partial charge < -0.3 is 5.32 Å². The molecule has 20 heavy (non-hydrogen) atoms. The summed E-state index contributed by atoms with van der Waals surface area (Å²) in [4.78, 5) is 13.1. The molecule has 1 fully saturated rings. The molecule has 0 aliphatic carbocycles. The average Bonchev–Trinajstić information content (AvgIpc) is 2.42. The third kappa shape index (κ3) is 3.10. The van der Waals surface area contributed by atoms with E-state index in [1.54, 1.807) is 18.2 Å². The minimum absolute atomic E-state index is 0.163.